The highest BCUT2D eigenvalue weighted by Crippen LogP contribution is 2.39. The first kappa shape index (κ1) is 25.5. The summed E-state index contributed by atoms with van der Waals surface area (Å²) < 4.78 is 10.9. The molecule has 0 heterocycles. The lowest BCUT2D eigenvalue weighted by molar-refractivity contribution is -0.141. The van der Waals surface area contributed by atoms with Crippen LogP contribution in [0, 0.1) is 11.8 Å². The van der Waals surface area contributed by atoms with Gasteiger partial charge >= 0.3 is 11.9 Å². The maximum Gasteiger partial charge on any atom is 0.303 e. The van der Waals surface area contributed by atoms with Crippen LogP contribution in [-0.2, 0) is 20.7 Å². The van der Waals surface area contributed by atoms with Crippen LogP contribution in [0.15, 0.2) is 30.4 Å². The second-order valence-corrected chi connectivity index (χ2v) is 8.83. The summed E-state index contributed by atoms with van der Waals surface area (Å²) in [6.45, 7) is 1.95. The lowest BCUT2D eigenvalue weighted by Gasteiger charge is -2.23. The van der Waals surface area contributed by atoms with Crippen molar-refractivity contribution in [3.63, 3.8) is 0 Å². The van der Waals surface area contributed by atoms with Gasteiger partial charge in [-0.25, -0.2) is 0 Å². The van der Waals surface area contributed by atoms with Crippen LogP contribution in [0.2, 0.25) is 5.02 Å². The summed E-state index contributed by atoms with van der Waals surface area (Å²) in [4.78, 5) is 21.5. The molecular weight excluding hydrogens is 443 g/mol. The van der Waals surface area contributed by atoms with E-state index in [9.17, 15) is 14.7 Å². The molecule has 1 fully saturated rings. The van der Waals surface area contributed by atoms with E-state index in [-0.39, 0.29) is 36.2 Å². The molecule has 0 radical (unpaired) electrons. The molecule has 1 aromatic rings. The predicted molar refractivity (Wildman–Crippen MR) is 120 cm³/mol. The molecule has 1 aliphatic carbocycles. The standard InChI is InChI=1S/C23H30Cl2O6/c1-15(26)30-9-8-16-10-17(24)12-18(11-16)31-14-20-19(21(25)13-22(20)27)6-4-2-3-5-7-23(28)29/h2,4,10-12,19-22,27H,3,5-9,13-14H2,1H3,(H,28,29)/b4-2-/t19-,20-,21+,22-/m1/s1. The largest absolute Gasteiger partial charge is 0.493 e. The second kappa shape index (κ2) is 12.9. The molecule has 1 saturated carbocycles. The second-order valence-electron chi connectivity index (χ2n) is 7.84. The smallest absolute Gasteiger partial charge is 0.303 e. The number of allylic oxidation sites excluding steroid dienone is 2. The summed E-state index contributed by atoms with van der Waals surface area (Å²) >= 11 is 12.7. The Morgan fingerprint density at radius 1 is 1.23 bits per heavy atom. The van der Waals surface area contributed by atoms with E-state index in [1.54, 1.807) is 12.1 Å². The minimum atomic E-state index is -0.791. The number of aliphatic hydroxyl groups is 1. The molecule has 0 spiro atoms. The predicted octanol–water partition coefficient (Wildman–Crippen LogP) is 4.63. The van der Waals surface area contributed by atoms with E-state index >= 15 is 0 Å². The zero-order valence-corrected chi connectivity index (χ0v) is 19.1. The first-order chi connectivity index (χ1) is 14.8. The highest BCUT2D eigenvalue weighted by molar-refractivity contribution is 6.30. The minimum Gasteiger partial charge on any atom is -0.493 e. The molecule has 0 unspecified atom stereocenters. The normalized spacial score (nSPS) is 23.2. The fourth-order valence-electron chi connectivity index (χ4n) is 3.79. The molecule has 2 N–H and O–H groups in total. The molecule has 172 valence electrons. The van der Waals surface area contributed by atoms with Crippen LogP contribution >= 0.6 is 23.2 Å². The van der Waals surface area contributed by atoms with Crippen LogP contribution in [0.25, 0.3) is 0 Å². The number of carbonyl (C=O) groups is 2. The summed E-state index contributed by atoms with van der Waals surface area (Å²) in [5, 5.41) is 19.5. The van der Waals surface area contributed by atoms with Gasteiger partial charge in [-0.1, -0.05) is 23.8 Å². The van der Waals surface area contributed by atoms with E-state index in [1.807, 2.05) is 18.2 Å². The van der Waals surface area contributed by atoms with Gasteiger partial charge in [0.25, 0.3) is 0 Å². The highest BCUT2D eigenvalue weighted by atomic mass is 35.5. The lowest BCUT2D eigenvalue weighted by Crippen LogP contribution is -2.27. The third-order valence-electron chi connectivity index (χ3n) is 5.38. The Balaban J connectivity index is 1.90. The van der Waals surface area contributed by atoms with E-state index in [2.05, 4.69) is 0 Å². The van der Waals surface area contributed by atoms with Crippen LogP contribution in [0.4, 0.5) is 0 Å². The number of rotatable bonds is 12. The number of aliphatic carboxylic acids is 1. The number of unbranched alkanes of at least 4 members (excludes halogenated alkanes) is 1. The Morgan fingerprint density at radius 2 is 2.00 bits per heavy atom. The molecule has 0 aliphatic heterocycles. The van der Waals surface area contributed by atoms with Gasteiger partial charge in [-0.05, 0) is 55.4 Å². The van der Waals surface area contributed by atoms with Gasteiger partial charge in [0.2, 0.25) is 0 Å². The molecule has 1 aromatic carbocycles. The number of hydrogen-bond acceptors (Lipinski definition) is 5. The van der Waals surface area contributed by atoms with E-state index < -0.39 is 12.1 Å². The zero-order valence-electron chi connectivity index (χ0n) is 17.6. The van der Waals surface area contributed by atoms with Crippen LogP contribution in [0.1, 0.15) is 44.6 Å². The molecule has 0 bridgehead atoms. The van der Waals surface area contributed by atoms with Crippen molar-refractivity contribution in [2.75, 3.05) is 13.2 Å². The van der Waals surface area contributed by atoms with Crippen LogP contribution in [-0.4, -0.2) is 46.8 Å². The number of benzene rings is 1. The number of halogens is 2. The van der Waals surface area contributed by atoms with Gasteiger partial charge < -0.3 is 19.7 Å². The van der Waals surface area contributed by atoms with E-state index in [4.69, 9.17) is 37.8 Å². The summed E-state index contributed by atoms with van der Waals surface area (Å²) in [5.41, 5.74) is 0.895. The summed E-state index contributed by atoms with van der Waals surface area (Å²) in [6, 6.07) is 5.37. The molecule has 1 aliphatic rings. The number of alkyl halides is 1. The number of carboxylic acid groups (broad SMARTS) is 1. The van der Waals surface area contributed by atoms with Gasteiger partial charge in [-0.3, -0.25) is 9.59 Å². The van der Waals surface area contributed by atoms with Crippen molar-refractivity contribution >= 4 is 35.1 Å². The van der Waals surface area contributed by atoms with Crippen molar-refractivity contribution in [1.29, 1.82) is 0 Å². The summed E-state index contributed by atoms with van der Waals surface area (Å²) in [6.07, 6.45) is 6.65. The van der Waals surface area contributed by atoms with Crippen LogP contribution in [0.5, 0.6) is 5.75 Å². The van der Waals surface area contributed by atoms with E-state index in [1.165, 1.54) is 6.92 Å². The fourth-order valence-corrected chi connectivity index (χ4v) is 4.51. The Labute approximate surface area is 193 Å². The van der Waals surface area contributed by atoms with E-state index in [0.29, 0.717) is 49.5 Å². The fraction of sp³-hybridized carbons (Fsp3) is 0.565. The first-order valence-corrected chi connectivity index (χ1v) is 11.3. The molecular formula is C23H30Cl2O6. The molecule has 0 saturated heterocycles. The van der Waals surface area contributed by atoms with Gasteiger partial charge in [0.05, 0.1) is 19.3 Å². The van der Waals surface area contributed by atoms with Crippen molar-refractivity contribution in [2.45, 2.75) is 56.9 Å². The molecule has 0 amide bonds. The van der Waals surface area contributed by atoms with Gasteiger partial charge in [0.1, 0.15) is 5.75 Å². The Kier molecular flexibility index (Phi) is 10.6. The molecule has 2 rings (SSSR count). The topological polar surface area (TPSA) is 93.1 Å². The van der Waals surface area contributed by atoms with Crippen molar-refractivity contribution in [3.8, 4) is 5.75 Å². The van der Waals surface area contributed by atoms with Gasteiger partial charge in [0, 0.05) is 36.1 Å². The SMILES string of the molecule is CC(=O)OCCc1cc(Cl)cc(OC[C@@H]2[C@@H](C/C=C\CCCC(=O)O)[C@@H](Cl)C[C@H]2O)c1. The highest BCUT2D eigenvalue weighted by Gasteiger charge is 2.41. The number of carbonyl (C=O) groups excluding carboxylic acids is 1. The van der Waals surface area contributed by atoms with Crippen molar-refractivity contribution in [3.05, 3.63) is 40.9 Å². The molecule has 0 aromatic heterocycles. The monoisotopic (exact) mass is 472 g/mol. The summed E-state index contributed by atoms with van der Waals surface area (Å²) in [5.74, 6) is -0.574. The number of aliphatic hydroxyl groups excluding tert-OH is 1. The zero-order chi connectivity index (χ0) is 22.8. The van der Waals surface area contributed by atoms with Gasteiger partial charge in [0.15, 0.2) is 0 Å². The maximum absolute atomic E-state index is 10.9. The average Bonchev–Trinajstić information content (AvgIpc) is 2.94. The molecule has 4 atom stereocenters. The van der Waals surface area contributed by atoms with Gasteiger partial charge in [-0.2, -0.15) is 0 Å². The summed E-state index contributed by atoms with van der Waals surface area (Å²) in [7, 11) is 0. The third kappa shape index (κ3) is 9.09. The molecule has 6 nitrogen and oxygen atoms in total. The Bertz CT molecular complexity index is 766. The average molecular weight is 473 g/mol. The quantitative estimate of drug-likeness (QED) is 0.199. The van der Waals surface area contributed by atoms with Crippen molar-refractivity contribution in [1.82, 2.24) is 0 Å². The number of esters is 1. The Morgan fingerprint density at radius 3 is 2.71 bits per heavy atom. The number of hydrogen-bond donors (Lipinski definition) is 2. The maximum atomic E-state index is 10.9. The minimum absolute atomic E-state index is 0.0648. The van der Waals surface area contributed by atoms with Crippen molar-refractivity contribution in [2.24, 2.45) is 11.8 Å². The van der Waals surface area contributed by atoms with Crippen molar-refractivity contribution < 1.29 is 29.3 Å². The van der Waals surface area contributed by atoms with Gasteiger partial charge in [-0.15, -0.1) is 11.6 Å². The first-order valence-electron chi connectivity index (χ1n) is 10.5. The number of ether oxygens (including phenoxy) is 2. The lowest BCUT2D eigenvalue weighted by atomic mass is 9.92. The number of carboxylic acids is 1. The third-order valence-corrected chi connectivity index (χ3v) is 6.10. The van der Waals surface area contributed by atoms with Crippen LogP contribution in [0.3, 0.4) is 0 Å². The Hall–Kier alpha value is -1.76. The molecule has 31 heavy (non-hydrogen) atoms. The van der Waals surface area contributed by atoms with Crippen LogP contribution < -0.4 is 4.74 Å². The molecule has 8 heteroatoms. The van der Waals surface area contributed by atoms with E-state index in [0.717, 1.165) is 5.56 Å².